The molecular weight excluding hydrogens is 533 g/mol. The first-order chi connectivity index (χ1) is 17.0. The summed E-state index contributed by atoms with van der Waals surface area (Å²) in [6.07, 6.45) is 8.15. The van der Waals surface area contributed by atoms with Crippen molar-refractivity contribution in [2.75, 3.05) is 26.7 Å². The number of ether oxygens (including phenoxy) is 1. The Morgan fingerprint density at radius 3 is 2.11 bits per heavy atom. The maximum absolute atomic E-state index is 14.5. The molecule has 7 nitrogen and oxygen atoms in total. The van der Waals surface area contributed by atoms with E-state index >= 15 is 0 Å². The Kier molecular flexibility index (Phi) is 13.1. The molecule has 0 saturated carbocycles. The fourth-order valence-corrected chi connectivity index (χ4v) is 3.12. The molecule has 0 aromatic heterocycles. The average Bonchev–Trinajstić information content (AvgIpc) is 2.84. The zero-order chi connectivity index (χ0) is 27.1. The summed E-state index contributed by atoms with van der Waals surface area (Å²) in [7, 11) is 1.98. The van der Waals surface area contributed by atoms with Gasteiger partial charge in [-0.1, -0.05) is 65.0 Å². The number of aliphatic carboxylic acids is 2. The molecule has 9 heteroatoms. The average molecular weight is 562 g/mol. The number of benzene rings is 2. The van der Waals surface area contributed by atoms with E-state index in [1.54, 1.807) is 18.2 Å². The zero-order valence-electron chi connectivity index (χ0n) is 19.8. The zero-order valence-corrected chi connectivity index (χ0v) is 21.4. The Balaban J connectivity index is 0.000000697. The fourth-order valence-electron chi connectivity index (χ4n) is 2.86. The number of nitrogens with zero attached hydrogens (tertiary/aromatic N) is 1. The van der Waals surface area contributed by atoms with Crippen LogP contribution in [0.2, 0.25) is 0 Å². The molecule has 2 aromatic carbocycles. The van der Waals surface area contributed by atoms with Crippen molar-refractivity contribution in [2.45, 2.75) is 5.60 Å². The number of likely N-dealkylation sites (N-methyl/N-ethyl adjacent to an activating group) is 1. The van der Waals surface area contributed by atoms with E-state index in [0.29, 0.717) is 23.3 Å². The Labute approximate surface area is 218 Å². The molecular formula is C27H29BrFNO6. The minimum absolute atomic E-state index is 0.134. The summed E-state index contributed by atoms with van der Waals surface area (Å²) in [6, 6.07) is 11.6. The maximum Gasteiger partial charge on any atom is 0.328 e. The van der Waals surface area contributed by atoms with Gasteiger partial charge in [-0.2, -0.15) is 0 Å². The summed E-state index contributed by atoms with van der Waals surface area (Å²) in [5.41, 5.74) is -0.503. The van der Waals surface area contributed by atoms with Gasteiger partial charge in [-0.15, -0.1) is 6.58 Å². The predicted octanol–water partition coefficient (Wildman–Crippen LogP) is 4.77. The van der Waals surface area contributed by atoms with Crippen LogP contribution in [-0.2, 0) is 15.2 Å². The van der Waals surface area contributed by atoms with E-state index < -0.39 is 23.4 Å². The number of carboxylic acids is 2. The van der Waals surface area contributed by atoms with Crippen molar-refractivity contribution in [3.63, 3.8) is 0 Å². The molecule has 0 fully saturated rings. The van der Waals surface area contributed by atoms with E-state index in [9.17, 15) is 19.1 Å². The third-order valence-corrected chi connectivity index (χ3v) is 5.21. The smallest absolute Gasteiger partial charge is 0.328 e. The van der Waals surface area contributed by atoms with Crippen molar-refractivity contribution in [1.29, 1.82) is 0 Å². The van der Waals surface area contributed by atoms with Gasteiger partial charge < -0.3 is 20.1 Å². The monoisotopic (exact) mass is 561 g/mol. The van der Waals surface area contributed by atoms with E-state index in [0.717, 1.165) is 17.6 Å². The lowest BCUT2D eigenvalue weighted by molar-refractivity contribution is -0.134. The number of hydrogen-bond acceptors (Lipinski definition) is 5. The molecule has 0 heterocycles. The van der Waals surface area contributed by atoms with Gasteiger partial charge in [0.25, 0.3) is 0 Å². The summed E-state index contributed by atoms with van der Waals surface area (Å²) in [5, 5.41) is 26.7. The van der Waals surface area contributed by atoms with Crippen molar-refractivity contribution in [1.82, 2.24) is 4.90 Å². The molecule has 1 atom stereocenters. The Morgan fingerprint density at radius 1 is 1.03 bits per heavy atom. The van der Waals surface area contributed by atoms with Gasteiger partial charge in [-0.25, -0.2) is 14.0 Å². The number of carboxylic acid groups (broad SMARTS) is 2. The molecule has 0 saturated heterocycles. The van der Waals surface area contributed by atoms with Crippen molar-refractivity contribution >= 4 is 27.9 Å². The molecule has 0 aliphatic heterocycles. The van der Waals surface area contributed by atoms with Gasteiger partial charge >= 0.3 is 11.9 Å². The first kappa shape index (κ1) is 30.5. The van der Waals surface area contributed by atoms with E-state index in [1.807, 2.05) is 37.4 Å². The third-order valence-electron chi connectivity index (χ3n) is 4.68. The normalized spacial score (nSPS) is 12.6. The minimum atomic E-state index is -1.49. The predicted molar refractivity (Wildman–Crippen MR) is 140 cm³/mol. The number of hydrogen-bond donors (Lipinski definition) is 3. The quantitative estimate of drug-likeness (QED) is 0.253. The standard InChI is InChI=1S/C23H25BrFNO2.C4H4O4/c1-4-14-26(3)15-6-7-16-28-22-13-10-19(17-21(22)25)23(27,5-2)18-8-11-20(24)12-9-18;5-3(6)1-2-4(7)8/h4-13,17,27H,1-2,14-16H2,3H3;1-2H,(H,5,6)(H,7,8). The molecule has 36 heavy (non-hydrogen) atoms. The summed E-state index contributed by atoms with van der Waals surface area (Å²) >= 11 is 3.37. The second kappa shape index (κ2) is 15.5. The van der Waals surface area contributed by atoms with Crippen LogP contribution in [0.1, 0.15) is 11.1 Å². The molecule has 2 rings (SSSR count). The number of aliphatic hydroxyl groups is 1. The van der Waals surface area contributed by atoms with Crippen LogP contribution in [0.5, 0.6) is 5.75 Å². The molecule has 1 unspecified atom stereocenters. The summed E-state index contributed by atoms with van der Waals surface area (Å²) < 4.78 is 20.9. The highest BCUT2D eigenvalue weighted by Gasteiger charge is 2.29. The van der Waals surface area contributed by atoms with Gasteiger partial charge in [-0.05, 0) is 42.4 Å². The van der Waals surface area contributed by atoms with Crippen LogP contribution in [0.15, 0.2) is 96.6 Å². The van der Waals surface area contributed by atoms with Gasteiger partial charge in [0.2, 0.25) is 0 Å². The molecule has 0 amide bonds. The van der Waals surface area contributed by atoms with Crippen LogP contribution in [-0.4, -0.2) is 58.9 Å². The first-order valence-corrected chi connectivity index (χ1v) is 11.5. The third kappa shape index (κ3) is 10.4. The molecule has 0 aliphatic rings. The SMILES string of the molecule is C=CCN(C)CC=CCOc1ccc(C(O)(C=C)c2ccc(Br)cc2)cc1F.O=C(O)C=CC(=O)O. The topological polar surface area (TPSA) is 107 Å². The van der Waals surface area contributed by atoms with Gasteiger partial charge in [0.15, 0.2) is 11.6 Å². The van der Waals surface area contributed by atoms with E-state index in [1.165, 1.54) is 18.2 Å². The second-order valence-electron chi connectivity index (χ2n) is 7.42. The van der Waals surface area contributed by atoms with Crippen LogP contribution in [0.25, 0.3) is 0 Å². The summed E-state index contributed by atoms with van der Waals surface area (Å²) in [4.78, 5) is 21.2. The van der Waals surface area contributed by atoms with Gasteiger partial charge in [0.05, 0.1) is 0 Å². The molecule has 0 bridgehead atoms. The molecule has 2 aromatic rings. The van der Waals surface area contributed by atoms with Crippen molar-refractivity contribution in [3.8, 4) is 5.75 Å². The van der Waals surface area contributed by atoms with Crippen LogP contribution in [0, 0.1) is 5.82 Å². The largest absolute Gasteiger partial charge is 0.486 e. The lowest BCUT2D eigenvalue weighted by atomic mass is 9.86. The highest BCUT2D eigenvalue weighted by atomic mass is 79.9. The van der Waals surface area contributed by atoms with Gasteiger partial charge in [0.1, 0.15) is 12.2 Å². The maximum atomic E-state index is 14.5. The number of halogens is 2. The molecule has 3 N–H and O–H groups in total. The number of rotatable bonds is 12. The van der Waals surface area contributed by atoms with Crippen molar-refractivity contribution in [2.24, 2.45) is 0 Å². The highest BCUT2D eigenvalue weighted by Crippen LogP contribution is 2.33. The van der Waals surface area contributed by atoms with Crippen molar-refractivity contribution in [3.05, 3.63) is 113 Å². The van der Waals surface area contributed by atoms with Crippen LogP contribution in [0.3, 0.4) is 0 Å². The van der Waals surface area contributed by atoms with Crippen molar-refractivity contribution < 1.29 is 34.0 Å². The first-order valence-electron chi connectivity index (χ1n) is 10.7. The van der Waals surface area contributed by atoms with E-state index in [4.69, 9.17) is 14.9 Å². The van der Waals surface area contributed by atoms with E-state index in [2.05, 4.69) is 34.0 Å². The number of carbonyl (C=O) groups is 2. The lowest BCUT2D eigenvalue weighted by Crippen LogP contribution is -2.24. The highest BCUT2D eigenvalue weighted by molar-refractivity contribution is 9.10. The molecule has 0 radical (unpaired) electrons. The Morgan fingerprint density at radius 2 is 1.61 bits per heavy atom. The van der Waals surface area contributed by atoms with Gasteiger partial charge in [-0.3, -0.25) is 4.90 Å². The van der Waals surface area contributed by atoms with Crippen LogP contribution >= 0.6 is 15.9 Å². The van der Waals surface area contributed by atoms with Gasteiger partial charge in [0, 0.05) is 29.7 Å². The Hall–Kier alpha value is -3.53. The van der Waals surface area contributed by atoms with Crippen LogP contribution in [0.4, 0.5) is 4.39 Å². The van der Waals surface area contributed by atoms with Crippen LogP contribution < -0.4 is 4.74 Å². The summed E-state index contributed by atoms with van der Waals surface area (Å²) in [5.74, 6) is -2.91. The Bertz CT molecular complexity index is 1080. The molecule has 192 valence electrons. The fraction of sp³-hybridized carbons (Fsp3) is 0.185. The second-order valence-corrected chi connectivity index (χ2v) is 8.34. The lowest BCUT2D eigenvalue weighted by Gasteiger charge is -2.26. The van der Waals surface area contributed by atoms with E-state index in [-0.39, 0.29) is 12.4 Å². The minimum Gasteiger partial charge on any atom is -0.486 e. The molecule has 0 spiro atoms. The summed E-state index contributed by atoms with van der Waals surface area (Å²) in [6.45, 7) is 9.23. The molecule has 0 aliphatic carbocycles.